The van der Waals surface area contributed by atoms with Crippen molar-refractivity contribution in [3.8, 4) is 0 Å². The van der Waals surface area contributed by atoms with Crippen LogP contribution < -0.4 is 15.6 Å². The van der Waals surface area contributed by atoms with E-state index in [4.69, 9.17) is 17.3 Å². The second-order valence-corrected chi connectivity index (χ2v) is 6.70. The maximum Gasteiger partial charge on any atom is 0.274 e. The standard InChI is InChI=1S/C19H17ClN4O2/c20-14-7-4-8-16-13(14)9-10-23(16)19(26)15-11-17(18(21)25)24(22-15)12-5-2-1-3-6-12/h1-8,17H,9-11H2,(H2,21,25)/t17-/m0/s1. The van der Waals surface area contributed by atoms with Crippen molar-refractivity contribution in [3.63, 3.8) is 0 Å². The number of hydrazone groups is 1. The Hall–Kier alpha value is -2.86. The number of hydrogen-bond acceptors (Lipinski definition) is 4. The highest BCUT2D eigenvalue weighted by Gasteiger charge is 2.38. The third-order valence-electron chi connectivity index (χ3n) is 4.72. The summed E-state index contributed by atoms with van der Waals surface area (Å²) in [5.41, 5.74) is 8.36. The van der Waals surface area contributed by atoms with E-state index < -0.39 is 11.9 Å². The molecule has 0 saturated heterocycles. The number of benzene rings is 2. The van der Waals surface area contributed by atoms with E-state index in [-0.39, 0.29) is 12.3 Å². The second kappa shape index (κ2) is 6.46. The molecule has 0 saturated carbocycles. The predicted molar refractivity (Wildman–Crippen MR) is 101 cm³/mol. The lowest BCUT2D eigenvalue weighted by Crippen LogP contribution is -2.40. The Kier molecular flexibility index (Phi) is 4.12. The van der Waals surface area contributed by atoms with Gasteiger partial charge in [0.05, 0.1) is 5.69 Å². The molecule has 6 nitrogen and oxygen atoms in total. The van der Waals surface area contributed by atoms with Crippen LogP contribution in [0.3, 0.4) is 0 Å². The lowest BCUT2D eigenvalue weighted by Gasteiger charge is -2.20. The molecule has 0 radical (unpaired) electrons. The molecule has 2 aliphatic heterocycles. The Labute approximate surface area is 155 Å². The molecule has 132 valence electrons. The Morgan fingerprint density at radius 1 is 1.12 bits per heavy atom. The van der Waals surface area contributed by atoms with Crippen LogP contribution in [0.5, 0.6) is 0 Å². The highest BCUT2D eigenvalue weighted by molar-refractivity contribution is 6.45. The van der Waals surface area contributed by atoms with Gasteiger partial charge in [-0.15, -0.1) is 0 Å². The largest absolute Gasteiger partial charge is 0.368 e. The zero-order chi connectivity index (χ0) is 18.3. The van der Waals surface area contributed by atoms with Crippen molar-refractivity contribution in [1.82, 2.24) is 0 Å². The van der Waals surface area contributed by atoms with Crippen LogP contribution in [-0.4, -0.2) is 30.1 Å². The number of anilines is 2. The smallest absolute Gasteiger partial charge is 0.274 e. The number of carbonyl (C=O) groups is 2. The number of primary amides is 1. The molecule has 2 aliphatic rings. The van der Waals surface area contributed by atoms with Gasteiger partial charge in [0.15, 0.2) is 0 Å². The maximum atomic E-state index is 13.0. The quantitative estimate of drug-likeness (QED) is 0.903. The molecule has 4 rings (SSSR count). The van der Waals surface area contributed by atoms with Crippen molar-refractivity contribution in [2.24, 2.45) is 10.8 Å². The number of carbonyl (C=O) groups excluding carboxylic acids is 2. The van der Waals surface area contributed by atoms with Crippen molar-refractivity contribution < 1.29 is 9.59 Å². The summed E-state index contributed by atoms with van der Waals surface area (Å²) >= 11 is 6.23. The van der Waals surface area contributed by atoms with Crippen molar-refractivity contribution >= 4 is 40.5 Å². The first kappa shape index (κ1) is 16.6. The molecular weight excluding hydrogens is 352 g/mol. The molecule has 0 unspecified atom stereocenters. The van der Waals surface area contributed by atoms with Crippen LogP contribution in [0.4, 0.5) is 11.4 Å². The number of amides is 2. The van der Waals surface area contributed by atoms with Gasteiger partial charge in [-0.05, 0) is 36.2 Å². The lowest BCUT2D eigenvalue weighted by molar-refractivity contribution is -0.119. The second-order valence-electron chi connectivity index (χ2n) is 6.29. The third-order valence-corrected chi connectivity index (χ3v) is 5.08. The van der Waals surface area contributed by atoms with Gasteiger partial charge in [-0.25, -0.2) is 0 Å². The number of nitrogens with zero attached hydrogens (tertiary/aromatic N) is 3. The van der Waals surface area contributed by atoms with Crippen molar-refractivity contribution in [2.45, 2.75) is 18.9 Å². The first-order valence-corrected chi connectivity index (χ1v) is 8.74. The van der Waals surface area contributed by atoms with Crippen LogP contribution in [0.2, 0.25) is 5.02 Å². The molecular formula is C19H17ClN4O2. The fourth-order valence-electron chi connectivity index (χ4n) is 3.44. The van der Waals surface area contributed by atoms with Gasteiger partial charge in [0, 0.05) is 23.7 Å². The monoisotopic (exact) mass is 368 g/mol. The summed E-state index contributed by atoms with van der Waals surface area (Å²) < 4.78 is 0. The van der Waals surface area contributed by atoms with Crippen LogP contribution in [0.25, 0.3) is 0 Å². The Bertz CT molecular complexity index is 913. The minimum atomic E-state index is -0.669. The van der Waals surface area contributed by atoms with Crippen molar-refractivity contribution in [1.29, 1.82) is 0 Å². The van der Waals surface area contributed by atoms with E-state index >= 15 is 0 Å². The van der Waals surface area contributed by atoms with Crippen molar-refractivity contribution in [2.75, 3.05) is 16.5 Å². The molecule has 0 fully saturated rings. The summed E-state index contributed by atoms with van der Waals surface area (Å²) in [6, 6.07) is 14.1. The minimum absolute atomic E-state index is 0.190. The number of nitrogens with two attached hydrogens (primary N) is 1. The van der Waals surface area contributed by atoms with Gasteiger partial charge in [0.25, 0.3) is 5.91 Å². The number of hydrogen-bond donors (Lipinski definition) is 1. The number of fused-ring (bicyclic) bond motifs is 1. The summed E-state index contributed by atoms with van der Waals surface area (Å²) in [5, 5.41) is 6.62. The van der Waals surface area contributed by atoms with E-state index in [1.54, 1.807) is 4.90 Å². The normalized spacial score (nSPS) is 18.7. The van der Waals surface area contributed by atoms with Gasteiger partial charge in [0.2, 0.25) is 5.91 Å². The number of para-hydroxylation sites is 1. The predicted octanol–water partition coefficient (Wildman–Crippen LogP) is 2.35. The molecule has 2 N–H and O–H groups in total. The Morgan fingerprint density at radius 3 is 2.62 bits per heavy atom. The fraction of sp³-hybridized carbons (Fsp3) is 0.211. The van der Waals surface area contributed by atoms with E-state index in [1.807, 2.05) is 48.5 Å². The summed E-state index contributed by atoms with van der Waals surface area (Å²) in [4.78, 5) is 26.6. The SMILES string of the molecule is NC(=O)[C@@H]1CC(C(=O)N2CCc3c(Cl)cccc32)=NN1c1ccccc1. The van der Waals surface area contributed by atoms with Crippen LogP contribution in [-0.2, 0) is 16.0 Å². The van der Waals surface area contributed by atoms with Crippen LogP contribution in [0, 0.1) is 0 Å². The number of halogens is 1. The molecule has 2 aromatic carbocycles. The molecule has 2 aromatic rings. The van der Waals surface area contributed by atoms with E-state index in [0.717, 1.165) is 16.9 Å². The molecule has 0 aromatic heterocycles. The zero-order valence-electron chi connectivity index (χ0n) is 13.9. The maximum absolute atomic E-state index is 13.0. The molecule has 0 bridgehead atoms. The molecule has 1 atom stereocenters. The Morgan fingerprint density at radius 2 is 1.88 bits per heavy atom. The molecule has 7 heteroatoms. The van der Waals surface area contributed by atoms with Crippen LogP contribution >= 0.6 is 11.6 Å². The summed E-state index contributed by atoms with van der Waals surface area (Å²) in [5.74, 6) is -0.721. The van der Waals surface area contributed by atoms with E-state index in [1.165, 1.54) is 5.01 Å². The van der Waals surface area contributed by atoms with Gasteiger partial charge < -0.3 is 10.6 Å². The molecule has 26 heavy (non-hydrogen) atoms. The average molecular weight is 369 g/mol. The molecule has 0 spiro atoms. The third kappa shape index (κ3) is 2.72. The van der Waals surface area contributed by atoms with Gasteiger partial charge in [-0.3, -0.25) is 14.6 Å². The highest BCUT2D eigenvalue weighted by Crippen LogP contribution is 2.34. The van der Waals surface area contributed by atoms with Gasteiger partial charge in [-0.1, -0.05) is 35.9 Å². The fourth-order valence-corrected chi connectivity index (χ4v) is 3.70. The van der Waals surface area contributed by atoms with Crippen molar-refractivity contribution in [3.05, 3.63) is 59.1 Å². The van der Waals surface area contributed by atoms with E-state index in [9.17, 15) is 9.59 Å². The molecule has 2 amide bonds. The lowest BCUT2D eigenvalue weighted by atomic mass is 10.1. The van der Waals surface area contributed by atoms with Gasteiger partial charge >= 0.3 is 0 Å². The van der Waals surface area contributed by atoms with Crippen LogP contribution in [0.1, 0.15) is 12.0 Å². The summed E-state index contributed by atoms with van der Waals surface area (Å²) in [6.45, 7) is 0.545. The van der Waals surface area contributed by atoms with Gasteiger partial charge in [-0.2, -0.15) is 5.10 Å². The average Bonchev–Trinajstić information content (AvgIpc) is 3.27. The van der Waals surface area contributed by atoms with Crippen LogP contribution in [0.15, 0.2) is 53.6 Å². The first-order valence-electron chi connectivity index (χ1n) is 8.36. The van der Waals surface area contributed by atoms with Gasteiger partial charge in [0.1, 0.15) is 11.8 Å². The van der Waals surface area contributed by atoms with E-state index in [0.29, 0.717) is 23.7 Å². The highest BCUT2D eigenvalue weighted by atomic mass is 35.5. The number of rotatable bonds is 3. The first-order chi connectivity index (χ1) is 12.6. The summed E-state index contributed by atoms with van der Waals surface area (Å²) in [7, 11) is 0. The zero-order valence-corrected chi connectivity index (χ0v) is 14.7. The Balaban J connectivity index is 1.65. The van der Waals surface area contributed by atoms with E-state index in [2.05, 4.69) is 5.10 Å². The molecule has 2 heterocycles. The topological polar surface area (TPSA) is 79.0 Å². The minimum Gasteiger partial charge on any atom is -0.368 e. The molecule has 0 aliphatic carbocycles. The summed E-state index contributed by atoms with van der Waals surface area (Å²) in [6.07, 6.45) is 0.894.